The zero-order valence-corrected chi connectivity index (χ0v) is 17.5. The largest absolute Gasteiger partial charge is 0.323 e. The molecule has 3 aromatic carbocycles. The Hall–Kier alpha value is -5.19. The Morgan fingerprint density at radius 3 is 2.24 bits per heavy atom. The highest BCUT2D eigenvalue weighted by molar-refractivity contribution is 6.02. The monoisotopic (exact) mass is 459 g/mol. The summed E-state index contributed by atoms with van der Waals surface area (Å²) in [6, 6.07) is 18.4. The number of anilines is 1. The van der Waals surface area contributed by atoms with E-state index in [-0.39, 0.29) is 17.0 Å². The van der Waals surface area contributed by atoms with Crippen LogP contribution in [0, 0.1) is 20.2 Å². The molecule has 0 saturated heterocycles. The van der Waals surface area contributed by atoms with Gasteiger partial charge in [-0.2, -0.15) is 5.10 Å². The lowest BCUT2D eigenvalue weighted by molar-refractivity contribution is -0.394. The second-order valence-corrected chi connectivity index (χ2v) is 6.77. The first kappa shape index (κ1) is 23.5. The highest BCUT2D eigenvalue weighted by atomic mass is 16.6. The van der Waals surface area contributed by atoms with Gasteiger partial charge in [0.15, 0.2) is 0 Å². The Kier molecular flexibility index (Phi) is 7.53. The van der Waals surface area contributed by atoms with Crippen molar-refractivity contribution in [3.63, 3.8) is 0 Å². The summed E-state index contributed by atoms with van der Waals surface area (Å²) in [5.41, 5.74) is 2.84. The van der Waals surface area contributed by atoms with E-state index in [0.717, 1.165) is 30.0 Å². The second kappa shape index (κ2) is 10.9. The van der Waals surface area contributed by atoms with Crippen molar-refractivity contribution >= 4 is 41.2 Å². The van der Waals surface area contributed by atoms with E-state index in [2.05, 4.69) is 15.8 Å². The number of nitro benzene ring substituents is 2. The summed E-state index contributed by atoms with van der Waals surface area (Å²) in [4.78, 5) is 44.7. The number of benzene rings is 3. The van der Waals surface area contributed by atoms with Gasteiger partial charge < -0.3 is 5.32 Å². The molecule has 0 aliphatic rings. The van der Waals surface area contributed by atoms with Crippen molar-refractivity contribution < 1.29 is 19.4 Å². The smallest absolute Gasteiger partial charge is 0.285 e. The normalized spacial score (nSPS) is 10.8. The number of nitro groups is 2. The van der Waals surface area contributed by atoms with E-state index in [9.17, 15) is 29.8 Å². The van der Waals surface area contributed by atoms with Crippen molar-refractivity contribution in [3.8, 4) is 0 Å². The predicted molar refractivity (Wildman–Crippen MR) is 125 cm³/mol. The van der Waals surface area contributed by atoms with Gasteiger partial charge in [0, 0.05) is 23.4 Å². The standard InChI is InChI=1S/C23H17N5O6/c29-22(13-6-16-4-2-1-3-5-16)25-19-10-7-17(8-11-19)23(30)26-24-15-18-9-12-20(27(31)32)14-21(18)28(33)34/h1-15H,(H,25,29)(H,26,30)/b13-6+,24-15-. The van der Waals surface area contributed by atoms with Crippen LogP contribution in [0.1, 0.15) is 21.5 Å². The summed E-state index contributed by atoms with van der Waals surface area (Å²) < 4.78 is 0. The van der Waals surface area contributed by atoms with Crippen molar-refractivity contribution in [2.45, 2.75) is 0 Å². The van der Waals surface area contributed by atoms with Gasteiger partial charge in [-0.1, -0.05) is 30.3 Å². The van der Waals surface area contributed by atoms with Crippen molar-refractivity contribution in [2.75, 3.05) is 5.32 Å². The molecule has 0 heterocycles. The fourth-order valence-electron chi connectivity index (χ4n) is 2.76. The van der Waals surface area contributed by atoms with Crippen LogP contribution in [0.5, 0.6) is 0 Å². The molecule has 11 nitrogen and oxygen atoms in total. The minimum atomic E-state index is -0.780. The van der Waals surface area contributed by atoms with Gasteiger partial charge >= 0.3 is 0 Å². The third-order valence-electron chi connectivity index (χ3n) is 4.43. The van der Waals surface area contributed by atoms with Gasteiger partial charge in [0.25, 0.3) is 17.3 Å². The van der Waals surface area contributed by atoms with E-state index in [4.69, 9.17) is 0 Å². The molecule has 170 valence electrons. The van der Waals surface area contributed by atoms with E-state index in [1.165, 1.54) is 30.3 Å². The summed E-state index contributed by atoms with van der Waals surface area (Å²) in [5.74, 6) is -0.932. The number of nitrogens with zero attached hydrogens (tertiary/aromatic N) is 3. The Morgan fingerprint density at radius 2 is 1.59 bits per heavy atom. The van der Waals surface area contributed by atoms with Crippen LogP contribution in [0.4, 0.5) is 17.1 Å². The zero-order chi connectivity index (χ0) is 24.5. The van der Waals surface area contributed by atoms with Crippen molar-refractivity contribution in [3.05, 3.63) is 116 Å². The van der Waals surface area contributed by atoms with Gasteiger partial charge in [-0.25, -0.2) is 5.43 Å². The molecular weight excluding hydrogens is 442 g/mol. The highest BCUT2D eigenvalue weighted by Gasteiger charge is 2.18. The number of non-ortho nitro benzene ring substituents is 1. The van der Waals surface area contributed by atoms with Crippen LogP contribution in [-0.4, -0.2) is 27.9 Å². The van der Waals surface area contributed by atoms with E-state index in [0.29, 0.717) is 5.69 Å². The van der Waals surface area contributed by atoms with Crippen LogP contribution in [0.2, 0.25) is 0 Å². The molecule has 0 unspecified atom stereocenters. The average Bonchev–Trinajstić information content (AvgIpc) is 2.83. The molecule has 0 atom stereocenters. The number of hydrazone groups is 1. The van der Waals surface area contributed by atoms with E-state index >= 15 is 0 Å². The number of amides is 2. The molecule has 0 radical (unpaired) electrons. The number of hydrogen-bond donors (Lipinski definition) is 2. The van der Waals surface area contributed by atoms with Gasteiger partial charge in [-0.15, -0.1) is 0 Å². The molecule has 0 saturated carbocycles. The number of nitrogens with one attached hydrogen (secondary N) is 2. The molecule has 34 heavy (non-hydrogen) atoms. The van der Waals surface area contributed by atoms with Gasteiger partial charge in [0.1, 0.15) is 0 Å². The first-order chi connectivity index (χ1) is 16.3. The third-order valence-corrected chi connectivity index (χ3v) is 4.43. The molecule has 0 aromatic heterocycles. The number of carbonyl (C=O) groups excluding carboxylic acids is 2. The molecule has 3 aromatic rings. The SMILES string of the molecule is O=C(/C=C/c1ccccc1)Nc1ccc(C(=O)N/N=C\c2ccc([N+](=O)[O-])cc2[N+](=O)[O-])cc1. The summed E-state index contributed by atoms with van der Waals surface area (Å²) >= 11 is 0. The number of hydrogen-bond acceptors (Lipinski definition) is 7. The van der Waals surface area contributed by atoms with Gasteiger partial charge in [-0.3, -0.25) is 29.8 Å². The van der Waals surface area contributed by atoms with Crippen molar-refractivity contribution in [1.82, 2.24) is 5.43 Å². The van der Waals surface area contributed by atoms with Crippen LogP contribution in [0.15, 0.2) is 84.0 Å². The third kappa shape index (κ3) is 6.40. The van der Waals surface area contributed by atoms with E-state index < -0.39 is 27.1 Å². The summed E-state index contributed by atoms with van der Waals surface area (Å²) in [6.45, 7) is 0. The Bertz CT molecular complexity index is 1290. The lowest BCUT2D eigenvalue weighted by Crippen LogP contribution is -2.17. The van der Waals surface area contributed by atoms with E-state index in [1.807, 2.05) is 30.3 Å². The maximum atomic E-state index is 12.2. The molecule has 0 bridgehead atoms. The van der Waals surface area contributed by atoms with Crippen LogP contribution >= 0.6 is 0 Å². The maximum absolute atomic E-state index is 12.2. The molecular formula is C23H17N5O6. The number of rotatable bonds is 8. The second-order valence-electron chi connectivity index (χ2n) is 6.77. The van der Waals surface area contributed by atoms with Crippen LogP contribution in [0.3, 0.4) is 0 Å². The summed E-state index contributed by atoms with van der Waals surface area (Å²) in [5, 5.41) is 28.3. The maximum Gasteiger partial charge on any atom is 0.285 e. The first-order valence-corrected chi connectivity index (χ1v) is 9.74. The molecule has 0 aliphatic carbocycles. The lowest BCUT2D eigenvalue weighted by atomic mass is 10.2. The lowest BCUT2D eigenvalue weighted by Gasteiger charge is -2.04. The molecule has 0 aliphatic heterocycles. The minimum absolute atomic E-state index is 0.0162. The van der Waals surface area contributed by atoms with Crippen LogP contribution in [0.25, 0.3) is 6.08 Å². The van der Waals surface area contributed by atoms with Crippen LogP contribution in [-0.2, 0) is 4.79 Å². The quantitative estimate of drug-likeness (QED) is 0.225. The first-order valence-electron chi connectivity index (χ1n) is 9.74. The number of carbonyl (C=O) groups is 2. The Balaban J connectivity index is 1.59. The van der Waals surface area contributed by atoms with Gasteiger partial charge in [0.05, 0.1) is 27.7 Å². The van der Waals surface area contributed by atoms with Crippen LogP contribution < -0.4 is 10.7 Å². The molecule has 11 heteroatoms. The van der Waals surface area contributed by atoms with E-state index in [1.54, 1.807) is 6.08 Å². The van der Waals surface area contributed by atoms with Gasteiger partial charge in [0.2, 0.25) is 5.91 Å². The Morgan fingerprint density at radius 1 is 0.882 bits per heavy atom. The highest BCUT2D eigenvalue weighted by Crippen LogP contribution is 2.23. The van der Waals surface area contributed by atoms with Crippen molar-refractivity contribution in [2.24, 2.45) is 5.10 Å². The molecule has 0 spiro atoms. The predicted octanol–water partition coefficient (Wildman–Crippen LogP) is 3.92. The minimum Gasteiger partial charge on any atom is -0.323 e. The molecule has 3 rings (SSSR count). The Labute approximate surface area is 192 Å². The van der Waals surface area contributed by atoms with Gasteiger partial charge in [-0.05, 0) is 42.0 Å². The zero-order valence-electron chi connectivity index (χ0n) is 17.5. The fourth-order valence-corrected chi connectivity index (χ4v) is 2.76. The summed E-state index contributed by atoms with van der Waals surface area (Å²) in [7, 11) is 0. The van der Waals surface area contributed by atoms with Crippen molar-refractivity contribution in [1.29, 1.82) is 0 Å². The average molecular weight is 459 g/mol. The topological polar surface area (TPSA) is 157 Å². The molecule has 0 fully saturated rings. The molecule has 2 N–H and O–H groups in total. The molecule has 2 amide bonds. The fraction of sp³-hybridized carbons (Fsp3) is 0. The summed E-state index contributed by atoms with van der Waals surface area (Å²) in [6.07, 6.45) is 4.08.